The zero-order valence-electron chi connectivity index (χ0n) is 27.5. The largest absolute Gasteiger partial charge is 0.491 e. The van der Waals surface area contributed by atoms with Gasteiger partial charge in [0.15, 0.2) is 5.44 Å². The molecule has 1 rings (SSSR count). The second-order valence-corrected chi connectivity index (χ2v) is 14.7. The van der Waals surface area contributed by atoms with E-state index in [4.69, 9.17) is 14.2 Å². The highest BCUT2D eigenvalue weighted by Gasteiger charge is 2.55. The summed E-state index contributed by atoms with van der Waals surface area (Å²) < 4.78 is 30.1. The molecule has 1 aromatic rings. The van der Waals surface area contributed by atoms with Gasteiger partial charge in [-0.15, -0.1) is 11.8 Å². The van der Waals surface area contributed by atoms with E-state index in [1.807, 2.05) is 12.1 Å². The van der Waals surface area contributed by atoms with E-state index in [9.17, 15) is 19.6 Å². The van der Waals surface area contributed by atoms with Crippen molar-refractivity contribution in [1.29, 1.82) is 0 Å². The Bertz CT molecular complexity index is 861. The summed E-state index contributed by atoms with van der Waals surface area (Å²) in [6.07, 6.45) is 15.6. The van der Waals surface area contributed by atoms with E-state index in [0.717, 1.165) is 32.1 Å². The Morgan fingerprint density at radius 2 is 1.35 bits per heavy atom. The van der Waals surface area contributed by atoms with E-state index in [1.165, 1.54) is 75.1 Å². The first kappa shape index (κ1) is 39.8. The van der Waals surface area contributed by atoms with Gasteiger partial charge in [0.1, 0.15) is 18.5 Å². The lowest BCUT2D eigenvalue weighted by Gasteiger charge is -2.25. The Kier molecular flexibility index (Phi) is 21.5. The molecule has 9 heteroatoms. The van der Waals surface area contributed by atoms with Crippen LogP contribution < -0.4 is 4.74 Å². The maximum Gasteiger partial charge on any atom is 0.392 e. The van der Waals surface area contributed by atoms with E-state index in [1.54, 1.807) is 0 Å². The van der Waals surface area contributed by atoms with Crippen molar-refractivity contribution < 1.29 is 33.8 Å². The van der Waals surface area contributed by atoms with Gasteiger partial charge in [0, 0.05) is 6.61 Å². The molecule has 0 radical (unpaired) electrons. The number of thioether (sulfide) groups is 1. The van der Waals surface area contributed by atoms with Gasteiger partial charge >= 0.3 is 19.8 Å². The van der Waals surface area contributed by atoms with Crippen molar-refractivity contribution in [2.45, 2.75) is 147 Å². The maximum atomic E-state index is 11.9. The van der Waals surface area contributed by atoms with Crippen molar-refractivity contribution in [1.82, 2.24) is 0 Å². The molecule has 4 atom stereocenters. The zero-order chi connectivity index (χ0) is 32.0. The fourth-order valence-electron chi connectivity index (χ4n) is 4.62. The highest BCUT2D eigenvalue weighted by Crippen LogP contribution is 2.35. The Morgan fingerprint density at radius 1 is 0.814 bits per heavy atom. The number of carboxylic acid groups (broad SMARTS) is 1. The number of ether oxygens (including phenoxy) is 3. The molecule has 0 heterocycles. The van der Waals surface area contributed by atoms with Crippen molar-refractivity contribution >= 4 is 26.2 Å². The molecule has 0 bridgehead atoms. The monoisotopic (exact) mass is 643 g/mol. The fraction of sp³-hybridized carbons (Fsp3) is 0.794. The van der Waals surface area contributed by atoms with E-state index in [2.05, 4.69) is 46.8 Å². The first-order chi connectivity index (χ1) is 20.6. The van der Waals surface area contributed by atoms with Crippen molar-refractivity contribution in [3.05, 3.63) is 29.8 Å². The number of hydrogen-bond donors (Lipinski definition) is 2. The molecule has 2 N–H and O–H groups in total. The standard InChI is InChI=1S/C34H59O7PS/c1-6-8-10-12-14-15-16-18-24-39-30(26-40-29-22-20-28(21-23-29)33(3,4)5)27-41-32(34(37,42-38)31(35)36)43-25-19-17-13-11-9-7-2/h20-23,30,32,37H,6-19,24-27H2,1-5H3,(H,35,36)/p+1. The normalized spacial score (nSPS) is 14.8. The van der Waals surface area contributed by atoms with Crippen LogP contribution in [0.15, 0.2) is 24.3 Å². The highest BCUT2D eigenvalue weighted by atomic mass is 32.2. The van der Waals surface area contributed by atoms with Gasteiger partial charge in [-0.25, -0.2) is 4.79 Å². The molecule has 7 nitrogen and oxygen atoms in total. The van der Waals surface area contributed by atoms with Crippen LogP contribution in [0.5, 0.6) is 5.75 Å². The molecule has 0 aliphatic rings. The van der Waals surface area contributed by atoms with Crippen LogP contribution in [0.2, 0.25) is 0 Å². The zero-order valence-corrected chi connectivity index (χ0v) is 29.4. The SMILES string of the molecule is CCCCCCCCCCOC(COc1ccc(C(C)(C)C)cc1)COC(SCCCCCCCC)C(O)([PH+]=O)C(=O)O. The molecule has 1 aromatic carbocycles. The Morgan fingerprint density at radius 3 is 1.86 bits per heavy atom. The van der Waals surface area contributed by atoms with Gasteiger partial charge in [0.25, 0.3) is 0 Å². The summed E-state index contributed by atoms with van der Waals surface area (Å²) in [6.45, 7) is 11.7. The molecule has 43 heavy (non-hydrogen) atoms. The summed E-state index contributed by atoms with van der Waals surface area (Å²) in [7, 11) is -1.46. The van der Waals surface area contributed by atoms with Crippen LogP contribution in [-0.4, -0.2) is 58.6 Å². The minimum atomic E-state index is -2.49. The quantitative estimate of drug-likeness (QED) is 0.0556. The van der Waals surface area contributed by atoms with Crippen molar-refractivity contribution in [2.75, 3.05) is 25.6 Å². The lowest BCUT2D eigenvalue weighted by atomic mass is 9.87. The van der Waals surface area contributed by atoms with Crippen molar-refractivity contribution in [3.8, 4) is 5.75 Å². The van der Waals surface area contributed by atoms with Crippen molar-refractivity contribution in [3.63, 3.8) is 0 Å². The fourth-order valence-corrected chi connectivity index (χ4v) is 6.38. The number of rotatable bonds is 27. The number of carboxylic acids is 1. The van der Waals surface area contributed by atoms with E-state index in [-0.39, 0.29) is 18.6 Å². The van der Waals surface area contributed by atoms with Crippen LogP contribution in [0.4, 0.5) is 0 Å². The molecule has 0 saturated carbocycles. The van der Waals surface area contributed by atoms with E-state index >= 15 is 0 Å². The Balaban J connectivity index is 2.79. The third-order valence-electron chi connectivity index (χ3n) is 7.53. The van der Waals surface area contributed by atoms with E-state index < -0.39 is 31.3 Å². The van der Waals surface area contributed by atoms with Gasteiger partial charge in [-0.3, -0.25) is 0 Å². The van der Waals surface area contributed by atoms with Gasteiger partial charge in [-0.05, 0) is 41.7 Å². The summed E-state index contributed by atoms with van der Waals surface area (Å²) >= 11 is 1.21. The Hall–Kier alpha value is -1.18. The average Bonchev–Trinajstić information content (AvgIpc) is 2.98. The minimum absolute atomic E-state index is 0.0192. The molecule has 0 saturated heterocycles. The van der Waals surface area contributed by atoms with Gasteiger partial charge < -0.3 is 24.4 Å². The number of unbranched alkanes of at least 4 members (excludes halogenated alkanes) is 12. The molecule has 248 valence electrons. The molecular formula is C34H60O7PS+. The Labute approximate surface area is 267 Å². The van der Waals surface area contributed by atoms with Gasteiger partial charge in [-0.1, -0.05) is 128 Å². The smallest absolute Gasteiger partial charge is 0.392 e. The predicted molar refractivity (Wildman–Crippen MR) is 180 cm³/mol. The first-order valence-electron chi connectivity index (χ1n) is 16.5. The van der Waals surface area contributed by atoms with Crippen molar-refractivity contribution in [2.24, 2.45) is 0 Å². The third-order valence-corrected chi connectivity index (χ3v) is 9.83. The summed E-state index contributed by atoms with van der Waals surface area (Å²) in [4.78, 5) is 11.9. The molecular weight excluding hydrogens is 583 g/mol. The molecule has 0 aromatic heterocycles. The van der Waals surface area contributed by atoms with Gasteiger partial charge in [-0.2, -0.15) is 0 Å². The third kappa shape index (κ3) is 17.2. The van der Waals surface area contributed by atoms with Gasteiger partial charge in [0.05, 0.1) is 6.61 Å². The summed E-state index contributed by atoms with van der Waals surface area (Å²) in [5.74, 6) is -0.226. The van der Waals surface area contributed by atoms with Crippen LogP contribution in [0, 0.1) is 0 Å². The van der Waals surface area contributed by atoms with Crippen LogP contribution in [0.3, 0.4) is 0 Å². The number of benzene rings is 1. The summed E-state index contributed by atoms with van der Waals surface area (Å²) in [6, 6.07) is 7.99. The molecule has 4 unspecified atom stereocenters. The molecule has 0 amide bonds. The van der Waals surface area contributed by atoms with E-state index in [0.29, 0.717) is 18.1 Å². The lowest BCUT2D eigenvalue weighted by molar-refractivity contribution is -0.157. The average molecular weight is 644 g/mol. The van der Waals surface area contributed by atoms with Crippen LogP contribution in [-0.2, 0) is 24.2 Å². The molecule has 0 fully saturated rings. The second-order valence-electron chi connectivity index (χ2n) is 12.5. The summed E-state index contributed by atoms with van der Waals surface area (Å²) in [5, 5.41) is 18.0. The van der Waals surface area contributed by atoms with Crippen LogP contribution in [0.1, 0.15) is 130 Å². The predicted octanol–water partition coefficient (Wildman–Crippen LogP) is 9.12. The highest BCUT2D eigenvalue weighted by molar-refractivity contribution is 8.00. The lowest BCUT2D eigenvalue weighted by Crippen LogP contribution is -2.46. The molecule has 0 aliphatic heterocycles. The van der Waals surface area contributed by atoms with Crippen LogP contribution >= 0.6 is 20.2 Å². The van der Waals surface area contributed by atoms with Crippen LogP contribution in [0.25, 0.3) is 0 Å². The number of hydrogen-bond acceptors (Lipinski definition) is 7. The molecule has 0 aliphatic carbocycles. The minimum Gasteiger partial charge on any atom is -0.491 e. The van der Waals surface area contributed by atoms with Gasteiger partial charge in [0.2, 0.25) is 0 Å². The number of aliphatic hydroxyl groups is 1. The number of aliphatic carboxylic acids is 1. The molecule has 0 spiro atoms. The second kappa shape index (κ2) is 23.2. The number of carbonyl (C=O) groups is 1. The summed E-state index contributed by atoms with van der Waals surface area (Å²) in [5.41, 5.74) is 0.0680. The first-order valence-corrected chi connectivity index (χ1v) is 18.5. The topological polar surface area (TPSA) is 102 Å². The maximum absolute atomic E-state index is 11.9.